The zero-order valence-electron chi connectivity index (χ0n) is 12.4. The first kappa shape index (κ1) is 13.2. The van der Waals surface area contributed by atoms with E-state index in [0.29, 0.717) is 19.0 Å². The van der Waals surface area contributed by atoms with E-state index in [0.717, 1.165) is 21.5 Å². The Hall–Kier alpha value is -2.28. The van der Waals surface area contributed by atoms with Crippen LogP contribution in [-0.4, -0.2) is 43.9 Å². The van der Waals surface area contributed by atoms with Crippen LogP contribution in [0.3, 0.4) is 0 Å². The van der Waals surface area contributed by atoms with Crippen molar-refractivity contribution < 1.29 is 4.79 Å². The van der Waals surface area contributed by atoms with E-state index in [1.165, 1.54) is 12.8 Å². The second-order valence-corrected chi connectivity index (χ2v) is 7.18. The normalized spacial score (nSPS) is 18.3. The van der Waals surface area contributed by atoms with E-state index in [2.05, 4.69) is 15.3 Å². The highest BCUT2D eigenvalue weighted by Gasteiger charge is 2.34. The number of nitrogens with zero attached hydrogens (tertiary/aromatic N) is 5. The summed E-state index contributed by atoms with van der Waals surface area (Å²) in [5.74, 6) is 0.701. The first-order valence-electron chi connectivity index (χ1n) is 7.82. The molecule has 1 saturated heterocycles. The summed E-state index contributed by atoms with van der Waals surface area (Å²) in [5.41, 5.74) is 4.59. The highest BCUT2D eigenvalue weighted by molar-refractivity contribution is 7.16. The zero-order valence-corrected chi connectivity index (χ0v) is 13.2. The van der Waals surface area contributed by atoms with Crippen molar-refractivity contribution in [3.05, 3.63) is 41.2 Å². The van der Waals surface area contributed by atoms with Gasteiger partial charge < -0.3 is 4.90 Å². The molecule has 0 bridgehead atoms. The Kier molecular flexibility index (Phi) is 2.78. The number of hydrogen-bond donors (Lipinski definition) is 0. The Morgan fingerprint density at radius 2 is 2.13 bits per heavy atom. The Morgan fingerprint density at radius 1 is 1.26 bits per heavy atom. The molecule has 1 aromatic carbocycles. The van der Waals surface area contributed by atoms with Crippen LogP contribution in [0.15, 0.2) is 29.9 Å². The molecule has 1 aliphatic heterocycles. The van der Waals surface area contributed by atoms with Crippen molar-refractivity contribution in [3.8, 4) is 0 Å². The molecule has 2 fully saturated rings. The van der Waals surface area contributed by atoms with Gasteiger partial charge in [-0.25, -0.2) is 9.67 Å². The topological polar surface area (TPSA) is 63.9 Å². The number of hydrogen-bond acceptors (Lipinski definition) is 5. The van der Waals surface area contributed by atoms with Gasteiger partial charge in [0.15, 0.2) is 0 Å². The van der Waals surface area contributed by atoms with Gasteiger partial charge in [0, 0.05) is 30.8 Å². The van der Waals surface area contributed by atoms with Gasteiger partial charge in [-0.3, -0.25) is 4.79 Å². The fraction of sp³-hybridized carbons (Fsp3) is 0.375. The number of benzene rings is 1. The number of carbonyl (C=O) groups excluding carboxylic acids is 1. The lowest BCUT2D eigenvalue weighted by atomic mass is 10.1. The largest absolute Gasteiger partial charge is 0.334 e. The van der Waals surface area contributed by atoms with E-state index in [1.54, 1.807) is 16.8 Å². The molecule has 3 heterocycles. The number of thiazole rings is 1. The Balaban J connectivity index is 1.28. The van der Waals surface area contributed by atoms with E-state index in [-0.39, 0.29) is 11.9 Å². The summed E-state index contributed by atoms with van der Waals surface area (Å²) in [6.45, 7) is 1.40. The first-order valence-corrected chi connectivity index (χ1v) is 8.70. The maximum absolute atomic E-state index is 12.6. The lowest BCUT2D eigenvalue weighted by molar-refractivity contribution is 0.0498. The van der Waals surface area contributed by atoms with Crippen LogP contribution in [0.5, 0.6) is 0 Å². The third-order valence-electron chi connectivity index (χ3n) is 4.63. The standard InChI is InChI=1S/C16H15N5OS/c22-16(11-3-4-13-15(5-11)23-9-17-13)20-6-12(7-20)21-8-14(18-19-21)10-1-2-10/h3-5,8-10,12H,1-2,6-7H2. The molecule has 7 heteroatoms. The minimum Gasteiger partial charge on any atom is -0.334 e. The van der Waals surface area contributed by atoms with Crippen LogP contribution < -0.4 is 0 Å². The number of fused-ring (bicyclic) bond motifs is 1. The van der Waals surface area contributed by atoms with Crippen LogP contribution in [0.1, 0.15) is 40.9 Å². The minimum atomic E-state index is 0.0825. The van der Waals surface area contributed by atoms with Crippen LogP contribution in [0.2, 0.25) is 0 Å². The molecule has 23 heavy (non-hydrogen) atoms. The molecule has 3 aromatic rings. The fourth-order valence-corrected chi connectivity index (χ4v) is 3.71. The van der Waals surface area contributed by atoms with Crippen LogP contribution in [0.4, 0.5) is 0 Å². The highest BCUT2D eigenvalue weighted by Crippen LogP contribution is 2.39. The predicted octanol–water partition coefficient (Wildman–Crippen LogP) is 2.46. The number of rotatable bonds is 3. The summed E-state index contributed by atoms with van der Waals surface area (Å²) < 4.78 is 2.97. The van der Waals surface area contributed by atoms with Crippen molar-refractivity contribution >= 4 is 27.5 Å². The van der Waals surface area contributed by atoms with Gasteiger partial charge in [-0.1, -0.05) is 5.21 Å². The van der Waals surface area contributed by atoms with E-state index >= 15 is 0 Å². The van der Waals surface area contributed by atoms with Crippen molar-refractivity contribution in [2.24, 2.45) is 0 Å². The smallest absolute Gasteiger partial charge is 0.254 e. The Bertz CT molecular complexity index is 891. The van der Waals surface area contributed by atoms with Gasteiger partial charge >= 0.3 is 0 Å². The Morgan fingerprint density at radius 3 is 2.96 bits per heavy atom. The minimum absolute atomic E-state index is 0.0825. The van der Waals surface area contributed by atoms with E-state index in [1.807, 2.05) is 34.0 Å². The van der Waals surface area contributed by atoms with Crippen LogP contribution in [0.25, 0.3) is 10.2 Å². The molecule has 1 saturated carbocycles. The number of likely N-dealkylation sites (tertiary alicyclic amines) is 1. The Labute approximate surface area is 136 Å². The highest BCUT2D eigenvalue weighted by atomic mass is 32.1. The molecule has 1 aliphatic carbocycles. The monoisotopic (exact) mass is 325 g/mol. The summed E-state index contributed by atoms with van der Waals surface area (Å²) in [4.78, 5) is 18.7. The predicted molar refractivity (Wildman–Crippen MR) is 86.6 cm³/mol. The molecule has 1 amide bonds. The van der Waals surface area contributed by atoms with Gasteiger partial charge in [0.05, 0.1) is 27.5 Å². The molecule has 0 unspecified atom stereocenters. The quantitative estimate of drug-likeness (QED) is 0.742. The summed E-state index contributed by atoms with van der Waals surface area (Å²) in [7, 11) is 0. The fourth-order valence-electron chi connectivity index (χ4n) is 2.99. The molecule has 116 valence electrons. The lowest BCUT2D eigenvalue weighted by Crippen LogP contribution is -2.50. The summed E-state index contributed by atoms with van der Waals surface area (Å²) >= 11 is 1.56. The molecular weight excluding hydrogens is 310 g/mol. The average Bonchev–Trinajstić information content (AvgIpc) is 3.08. The molecule has 5 rings (SSSR count). The van der Waals surface area contributed by atoms with Crippen LogP contribution in [0, 0.1) is 0 Å². The van der Waals surface area contributed by atoms with Crippen LogP contribution in [-0.2, 0) is 0 Å². The first-order chi connectivity index (χ1) is 11.3. The SMILES string of the molecule is O=C(c1ccc2ncsc2c1)N1CC(n2cc(C3CC3)nn2)C1. The second kappa shape index (κ2) is 4.86. The molecule has 0 N–H and O–H groups in total. The van der Waals surface area contributed by atoms with Gasteiger partial charge in [-0.2, -0.15) is 0 Å². The maximum Gasteiger partial charge on any atom is 0.254 e. The van der Waals surface area contributed by atoms with Crippen molar-refractivity contribution in [1.82, 2.24) is 24.9 Å². The average molecular weight is 325 g/mol. The van der Waals surface area contributed by atoms with E-state index < -0.39 is 0 Å². The third kappa shape index (κ3) is 2.23. The van der Waals surface area contributed by atoms with E-state index in [9.17, 15) is 4.79 Å². The lowest BCUT2D eigenvalue weighted by Gasteiger charge is -2.38. The van der Waals surface area contributed by atoms with Crippen molar-refractivity contribution in [1.29, 1.82) is 0 Å². The zero-order chi connectivity index (χ0) is 15.4. The number of aromatic nitrogens is 4. The molecule has 0 radical (unpaired) electrons. The van der Waals surface area contributed by atoms with Crippen LogP contribution >= 0.6 is 11.3 Å². The van der Waals surface area contributed by atoms with Crippen molar-refractivity contribution in [2.45, 2.75) is 24.8 Å². The van der Waals surface area contributed by atoms with Gasteiger partial charge in [-0.05, 0) is 31.0 Å². The molecule has 0 atom stereocenters. The second-order valence-electron chi connectivity index (χ2n) is 6.30. The third-order valence-corrected chi connectivity index (χ3v) is 5.42. The molecular formula is C16H15N5OS. The van der Waals surface area contributed by atoms with Gasteiger partial charge in [0.2, 0.25) is 0 Å². The molecule has 2 aromatic heterocycles. The number of amides is 1. The summed E-state index contributed by atoms with van der Waals surface area (Å²) in [6.07, 6.45) is 4.51. The number of carbonyl (C=O) groups is 1. The molecule has 6 nitrogen and oxygen atoms in total. The van der Waals surface area contributed by atoms with Gasteiger partial charge in [0.25, 0.3) is 5.91 Å². The van der Waals surface area contributed by atoms with E-state index in [4.69, 9.17) is 0 Å². The van der Waals surface area contributed by atoms with Crippen molar-refractivity contribution in [3.63, 3.8) is 0 Å². The summed E-state index contributed by atoms with van der Waals surface area (Å²) in [5, 5.41) is 8.46. The molecule has 0 spiro atoms. The summed E-state index contributed by atoms with van der Waals surface area (Å²) in [6, 6.07) is 5.96. The van der Waals surface area contributed by atoms with Gasteiger partial charge in [-0.15, -0.1) is 16.4 Å². The molecule has 2 aliphatic rings. The maximum atomic E-state index is 12.6. The van der Waals surface area contributed by atoms with Gasteiger partial charge in [0.1, 0.15) is 0 Å². The van der Waals surface area contributed by atoms with Crippen molar-refractivity contribution in [2.75, 3.05) is 13.1 Å².